The Labute approximate surface area is 56.7 Å². The maximum atomic E-state index is 5.22. The number of allylic oxidation sites excluding steroid dienone is 1. The molecule has 9 heavy (non-hydrogen) atoms. The van der Waals surface area contributed by atoms with Crippen LogP contribution >= 0.6 is 0 Å². The molecule has 0 amide bonds. The molecule has 52 valence electrons. The van der Waals surface area contributed by atoms with Gasteiger partial charge in [0.2, 0.25) is 0 Å². The molecular weight excluding hydrogens is 112 g/mol. The van der Waals surface area contributed by atoms with Gasteiger partial charge in [0.05, 0.1) is 0 Å². The summed E-state index contributed by atoms with van der Waals surface area (Å²) in [5.74, 6) is 0.822. The highest BCUT2D eigenvalue weighted by Crippen LogP contribution is 2.17. The predicted molar refractivity (Wildman–Crippen MR) is 38.4 cm³/mol. The Balaban J connectivity index is 2.04. The van der Waals surface area contributed by atoms with Crippen molar-refractivity contribution in [2.75, 3.05) is 13.2 Å². The van der Waals surface area contributed by atoms with E-state index in [-0.39, 0.29) is 0 Å². The van der Waals surface area contributed by atoms with Gasteiger partial charge in [-0.15, -0.1) is 6.58 Å². The smallest absolute Gasteiger partial charge is 0.0495 e. The second-order valence-electron chi connectivity index (χ2n) is 2.60. The fraction of sp³-hybridized carbons (Fsp3) is 0.750. The van der Waals surface area contributed by atoms with Gasteiger partial charge in [-0.05, 0) is 25.2 Å². The molecule has 1 aliphatic rings. The minimum Gasteiger partial charge on any atom is -0.381 e. The fourth-order valence-corrected chi connectivity index (χ4v) is 1.16. The van der Waals surface area contributed by atoms with E-state index in [2.05, 4.69) is 6.58 Å². The molecule has 0 bridgehead atoms. The molecule has 1 unspecified atom stereocenters. The van der Waals surface area contributed by atoms with Crippen LogP contribution in [0.4, 0.5) is 0 Å². The van der Waals surface area contributed by atoms with Crippen molar-refractivity contribution in [1.82, 2.24) is 0 Å². The zero-order chi connectivity index (χ0) is 6.53. The Morgan fingerprint density at radius 2 is 2.56 bits per heavy atom. The van der Waals surface area contributed by atoms with Crippen LogP contribution in [0.15, 0.2) is 12.7 Å². The normalized spacial score (nSPS) is 26.4. The highest BCUT2D eigenvalue weighted by atomic mass is 16.5. The van der Waals surface area contributed by atoms with Gasteiger partial charge in [-0.2, -0.15) is 0 Å². The first-order valence-corrected chi connectivity index (χ1v) is 3.62. The zero-order valence-corrected chi connectivity index (χ0v) is 5.81. The monoisotopic (exact) mass is 126 g/mol. The highest BCUT2D eigenvalue weighted by Gasteiger charge is 2.13. The van der Waals surface area contributed by atoms with Crippen LogP contribution in [0.3, 0.4) is 0 Å². The van der Waals surface area contributed by atoms with Crippen molar-refractivity contribution >= 4 is 0 Å². The second-order valence-corrected chi connectivity index (χ2v) is 2.60. The lowest BCUT2D eigenvalue weighted by Gasteiger charge is -2.02. The Kier molecular flexibility index (Phi) is 2.78. The van der Waals surface area contributed by atoms with Gasteiger partial charge in [-0.25, -0.2) is 0 Å². The van der Waals surface area contributed by atoms with Crippen molar-refractivity contribution in [3.05, 3.63) is 12.7 Å². The molecule has 1 saturated heterocycles. The predicted octanol–water partition coefficient (Wildman–Crippen LogP) is 1.99. The van der Waals surface area contributed by atoms with Crippen LogP contribution < -0.4 is 0 Å². The fourth-order valence-electron chi connectivity index (χ4n) is 1.16. The standard InChI is InChI=1S/C8H14O/c1-2-3-4-8-5-6-9-7-8/h2,8H,1,3-7H2. The summed E-state index contributed by atoms with van der Waals surface area (Å²) in [5.41, 5.74) is 0. The van der Waals surface area contributed by atoms with Crippen molar-refractivity contribution < 1.29 is 4.74 Å². The third-order valence-electron chi connectivity index (χ3n) is 1.80. The minimum atomic E-state index is 0.822. The van der Waals surface area contributed by atoms with E-state index in [0.717, 1.165) is 25.6 Å². The summed E-state index contributed by atoms with van der Waals surface area (Å²) in [6.07, 6.45) is 5.66. The van der Waals surface area contributed by atoms with Crippen molar-refractivity contribution in [1.29, 1.82) is 0 Å². The van der Waals surface area contributed by atoms with Crippen LogP contribution in [-0.2, 0) is 4.74 Å². The molecule has 0 aromatic rings. The maximum absolute atomic E-state index is 5.22. The molecule has 1 heteroatoms. The maximum Gasteiger partial charge on any atom is 0.0495 e. The minimum absolute atomic E-state index is 0.822. The Hall–Kier alpha value is -0.300. The number of hydrogen-bond donors (Lipinski definition) is 0. The van der Waals surface area contributed by atoms with Gasteiger partial charge >= 0.3 is 0 Å². The molecule has 1 atom stereocenters. The van der Waals surface area contributed by atoms with Gasteiger partial charge in [-0.1, -0.05) is 6.08 Å². The lowest BCUT2D eigenvalue weighted by atomic mass is 10.0. The Bertz CT molecular complexity index is 82.6. The Morgan fingerprint density at radius 1 is 1.67 bits per heavy atom. The molecule has 1 aliphatic heterocycles. The Morgan fingerprint density at radius 3 is 3.11 bits per heavy atom. The van der Waals surface area contributed by atoms with Crippen LogP contribution in [0.2, 0.25) is 0 Å². The molecule has 0 N–H and O–H groups in total. The molecule has 1 fully saturated rings. The van der Waals surface area contributed by atoms with Crippen LogP contribution in [0, 0.1) is 5.92 Å². The van der Waals surface area contributed by atoms with E-state index in [1.807, 2.05) is 6.08 Å². The molecule has 0 spiro atoms. The van der Waals surface area contributed by atoms with Gasteiger partial charge < -0.3 is 4.74 Å². The molecule has 0 aliphatic carbocycles. The van der Waals surface area contributed by atoms with Gasteiger partial charge in [0.25, 0.3) is 0 Å². The van der Waals surface area contributed by atoms with Crippen LogP contribution in [0.5, 0.6) is 0 Å². The van der Waals surface area contributed by atoms with Gasteiger partial charge in [-0.3, -0.25) is 0 Å². The van der Waals surface area contributed by atoms with E-state index in [9.17, 15) is 0 Å². The largest absolute Gasteiger partial charge is 0.381 e. The van der Waals surface area contributed by atoms with E-state index in [1.165, 1.54) is 12.8 Å². The average molecular weight is 126 g/mol. The highest BCUT2D eigenvalue weighted by molar-refractivity contribution is 4.71. The first-order chi connectivity index (χ1) is 4.43. The van der Waals surface area contributed by atoms with Gasteiger partial charge in [0.15, 0.2) is 0 Å². The molecular formula is C8H14O. The van der Waals surface area contributed by atoms with E-state index in [4.69, 9.17) is 4.74 Å². The summed E-state index contributed by atoms with van der Waals surface area (Å²) in [5, 5.41) is 0. The summed E-state index contributed by atoms with van der Waals surface area (Å²) in [7, 11) is 0. The average Bonchev–Trinajstić information content (AvgIpc) is 2.34. The van der Waals surface area contributed by atoms with E-state index < -0.39 is 0 Å². The van der Waals surface area contributed by atoms with E-state index in [1.54, 1.807) is 0 Å². The van der Waals surface area contributed by atoms with Crippen molar-refractivity contribution in [3.63, 3.8) is 0 Å². The number of hydrogen-bond acceptors (Lipinski definition) is 1. The third kappa shape index (κ3) is 2.19. The van der Waals surface area contributed by atoms with Crippen molar-refractivity contribution in [2.24, 2.45) is 5.92 Å². The third-order valence-corrected chi connectivity index (χ3v) is 1.80. The van der Waals surface area contributed by atoms with Gasteiger partial charge in [0.1, 0.15) is 0 Å². The van der Waals surface area contributed by atoms with E-state index >= 15 is 0 Å². The summed E-state index contributed by atoms with van der Waals surface area (Å²) in [6.45, 7) is 5.63. The first-order valence-electron chi connectivity index (χ1n) is 3.62. The summed E-state index contributed by atoms with van der Waals surface area (Å²) < 4.78 is 5.22. The molecule has 0 saturated carbocycles. The summed E-state index contributed by atoms with van der Waals surface area (Å²) >= 11 is 0. The zero-order valence-electron chi connectivity index (χ0n) is 5.81. The quantitative estimate of drug-likeness (QED) is 0.525. The van der Waals surface area contributed by atoms with Crippen molar-refractivity contribution in [2.45, 2.75) is 19.3 Å². The number of rotatable bonds is 3. The van der Waals surface area contributed by atoms with Crippen LogP contribution in [-0.4, -0.2) is 13.2 Å². The first kappa shape index (κ1) is 6.81. The SMILES string of the molecule is C=CCCC1CCOC1. The molecule has 1 nitrogen and oxygen atoms in total. The summed E-state index contributed by atoms with van der Waals surface area (Å²) in [6, 6.07) is 0. The number of ether oxygens (including phenoxy) is 1. The molecule has 1 rings (SSSR count). The van der Waals surface area contributed by atoms with Gasteiger partial charge in [0, 0.05) is 13.2 Å². The molecule has 1 heterocycles. The molecule has 0 aromatic carbocycles. The molecule has 0 aromatic heterocycles. The van der Waals surface area contributed by atoms with Crippen LogP contribution in [0.25, 0.3) is 0 Å². The van der Waals surface area contributed by atoms with E-state index in [0.29, 0.717) is 0 Å². The van der Waals surface area contributed by atoms with Crippen LogP contribution in [0.1, 0.15) is 19.3 Å². The second kappa shape index (κ2) is 3.67. The lowest BCUT2D eigenvalue weighted by molar-refractivity contribution is 0.184. The van der Waals surface area contributed by atoms with Crippen molar-refractivity contribution in [3.8, 4) is 0 Å². The lowest BCUT2D eigenvalue weighted by Crippen LogP contribution is -1.96. The summed E-state index contributed by atoms with van der Waals surface area (Å²) in [4.78, 5) is 0. The molecule has 0 radical (unpaired) electrons. The topological polar surface area (TPSA) is 9.23 Å².